The zero-order valence-electron chi connectivity index (χ0n) is 10.8. The molecule has 0 heterocycles. The number of nitrogens with one attached hydrogen (secondary N) is 1. The molecule has 3 N–H and O–H groups in total. The van der Waals surface area contributed by atoms with E-state index in [2.05, 4.69) is 5.32 Å². The summed E-state index contributed by atoms with van der Waals surface area (Å²) in [5, 5.41) is 2.99. The Hall–Kier alpha value is -1.42. The first-order chi connectivity index (χ1) is 8.54. The Balaban J connectivity index is 2.61. The fourth-order valence-corrected chi connectivity index (χ4v) is 1.96. The predicted molar refractivity (Wildman–Crippen MR) is 78.5 cm³/mol. The minimum absolute atomic E-state index is 0.0179. The second kappa shape index (κ2) is 7.11. The Labute approximate surface area is 114 Å². The molecule has 0 aromatic heterocycles. The minimum atomic E-state index is -0.161. The van der Waals surface area contributed by atoms with Crippen LogP contribution in [0, 0.1) is 0 Å². The maximum atomic E-state index is 12.1. The summed E-state index contributed by atoms with van der Waals surface area (Å²) in [5.74, 6) is -0.143. The summed E-state index contributed by atoms with van der Waals surface area (Å²) in [6.07, 6.45) is 1.38. The van der Waals surface area contributed by atoms with Crippen LogP contribution in [-0.4, -0.2) is 16.9 Å². The fourth-order valence-electron chi connectivity index (χ4n) is 1.76. The second-order valence-corrected chi connectivity index (χ2v) is 4.94. The van der Waals surface area contributed by atoms with Gasteiger partial charge in [0.15, 0.2) is 0 Å². The number of nitrogens with two attached hydrogens (primary N) is 1. The fraction of sp³-hybridized carbons (Fsp3) is 0.429. The molecule has 1 aromatic rings. The number of benzene rings is 1. The van der Waals surface area contributed by atoms with Gasteiger partial charge in [-0.25, -0.2) is 0 Å². The van der Waals surface area contributed by atoms with Crippen LogP contribution >= 0.6 is 12.2 Å². The summed E-state index contributed by atoms with van der Waals surface area (Å²) >= 11 is 4.88. The number of thiocarbonyl (C=S) groups is 1. The van der Waals surface area contributed by atoms with Gasteiger partial charge in [0.1, 0.15) is 0 Å². The van der Waals surface area contributed by atoms with Crippen molar-refractivity contribution in [3.8, 4) is 0 Å². The molecular formula is C14H20N2OS. The van der Waals surface area contributed by atoms with Crippen LogP contribution in [-0.2, 0) is 4.79 Å². The first-order valence-corrected chi connectivity index (χ1v) is 6.59. The average molecular weight is 264 g/mol. The Bertz CT molecular complexity index is 406. The third-order valence-corrected chi connectivity index (χ3v) is 3.15. The van der Waals surface area contributed by atoms with Gasteiger partial charge in [-0.2, -0.15) is 0 Å². The normalized spacial score (nSPS) is 13.7. The molecule has 2 atom stereocenters. The molecule has 0 aliphatic carbocycles. The lowest BCUT2D eigenvalue weighted by Crippen LogP contribution is -2.39. The molecule has 18 heavy (non-hydrogen) atoms. The molecule has 1 aromatic carbocycles. The van der Waals surface area contributed by atoms with Crippen LogP contribution in [0.1, 0.15) is 38.2 Å². The van der Waals surface area contributed by atoms with E-state index in [1.807, 2.05) is 44.2 Å². The van der Waals surface area contributed by atoms with Crippen LogP contribution in [0.15, 0.2) is 30.3 Å². The number of rotatable bonds is 6. The van der Waals surface area contributed by atoms with Gasteiger partial charge in [-0.05, 0) is 18.9 Å². The molecule has 4 heteroatoms. The van der Waals surface area contributed by atoms with E-state index in [1.165, 1.54) is 0 Å². The van der Waals surface area contributed by atoms with Crippen LogP contribution in [0.25, 0.3) is 0 Å². The highest BCUT2D eigenvalue weighted by Crippen LogP contribution is 2.15. The number of carbonyl (C=O) groups is 1. The number of carbonyl (C=O) groups excluding carboxylic acids is 1. The third kappa shape index (κ3) is 4.45. The SMILES string of the molecule is CCC(CC(N)=S)NC(=O)C(C)c1ccccc1. The largest absolute Gasteiger partial charge is 0.393 e. The number of hydrogen-bond acceptors (Lipinski definition) is 2. The quantitative estimate of drug-likeness (QED) is 0.776. The van der Waals surface area contributed by atoms with Gasteiger partial charge in [-0.3, -0.25) is 4.79 Å². The molecule has 0 saturated heterocycles. The van der Waals surface area contributed by atoms with Crippen molar-refractivity contribution in [2.45, 2.75) is 38.6 Å². The lowest BCUT2D eigenvalue weighted by Gasteiger charge is -2.19. The Morgan fingerprint density at radius 1 is 1.39 bits per heavy atom. The summed E-state index contributed by atoms with van der Waals surface area (Å²) in [4.78, 5) is 12.5. The zero-order valence-corrected chi connectivity index (χ0v) is 11.7. The van der Waals surface area contributed by atoms with Crippen molar-refractivity contribution in [3.63, 3.8) is 0 Å². The van der Waals surface area contributed by atoms with Crippen LogP contribution in [0.2, 0.25) is 0 Å². The standard InChI is InChI=1S/C14H20N2OS/c1-3-12(9-13(15)18)16-14(17)10(2)11-7-5-4-6-8-11/h4-8,10,12H,3,9H2,1-2H3,(H2,15,18)(H,16,17). The Morgan fingerprint density at radius 3 is 2.50 bits per heavy atom. The first-order valence-electron chi connectivity index (χ1n) is 6.18. The van der Waals surface area contributed by atoms with Gasteiger partial charge in [0, 0.05) is 12.5 Å². The van der Waals surface area contributed by atoms with E-state index in [4.69, 9.17) is 18.0 Å². The van der Waals surface area contributed by atoms with Crippen LogP contribution in [0.5, 0.6) is 0 Å². The van der Waals surface area contributed by atoms with Crippen LogP contribution in [0.3, 0.4) is 0 Å². The molecule has 1 amide bonds. The van der Waals surface area contributed by atoms with E-state index in [0.29, 0.717) is 11.4 Å². The maximum Gasteiger partial charge on any atom is 0.227 e. The first kappa shape index (κ1) is 14.6. The molecule has 0 saturated carbocycles. The lowest BCUT2D eigenvalue weighted by atomic mass is 9.99. The minimum Gasteiger partial charge on any atom is -0.393 e. The highest BCUT2D eigenvalue weighted by Gasteiger charge is 2.18. The van der Waals surface area contributed by atoms with Gasteiger partial charge in [0.2, 0.25) is 5.91 Å². The smallest absolute Gasteiger partial charge is 0.227 e. The third-order valence-electron chi connectivity index (χ3n) is 2.98. The highest BCUT2D eigenvalue weighted by molar-refractivity contribution is 7.80. The zero-order chi connectivity index (χ0) is 13.5. The molecule has 0 aliphatic heterocycles. The van der Waals surface area contributed by atoms with Crippen molar-refractivity contribution in [2.75, 3.05) is 0 Å². The molecule has 2 unspecified atom stereocenters. The maximum absolute atomic E-state index is 12.1. The lowest BCUT2D eigenvalue weighted by molar-refractivity contribution is -0.122. The van der Waals surface area contributed by atoms with Gasteiger partial charge in [-0.15, -0.1) is 0 Å². The summed E-state index contributed by atoms with van der Waals surface area (Å²) in [5.41, 5.74) is 6.53. The van der Waals surface area contributed by atoms with Crippen molar-refractivity contribution in [2.24, 2.45) is 5.73 Å². The van der Waals surface area contributed by atoms with Crippen molar-refractivity contribution in [3.05, 3.63) is 35.9 Å². The van der Waals surface area contributed by atoms with Gasteiger partial charge in [0.05, 0.1) is 10.9 Å². The summed E-state index contributed by atoms with van der Waals surface area (Å²) in [6, 6.07) is 9.76. The van der Waals surface area contributed by atoms with E-state index in [0.717, 1.165) is 12.0 Å². The van der Waals surface area contributed by atoms with Gasteiger partial charge < -0.3 is 11.1 Å². The number of hydrogen-bond donors (Lipinski definition) is 2. The monoisotopic (exact) mass is 264 g/mol. The number of amides is 1. The predicted octanol–water partition coefficient (Wildman–Crippen LogP) is 2.36. The van der Waals surface area contributed by atoms with Crippen molar-refractivity contribution in [1.82, 2.24) is 5.32 Å². The topological polar surface area (TPSA) is 55.1 Å². The molecule has 0 spiro atoms. The summed E-state index contributed by atoms with van der Waals surface area (Å²) in [7, 11) is 0. The van der Waals surface area contributed by atoms with E-state index < -0.39 is 0 Å². The van der Waals surface area contributed by atoms with E-state index in [1.54, 1.807) is 0 Å². The van der Waals surface area contributed by atoms with Gasteiger partial charge in [0.25, 0.3) is 0 Å². The summed E-state index contributed by atoms with van der Waals surface area (Å²) in [6.45, 7) is 3.91. The highest BCUT2D eigenvalue weighted by atomic mass is 32.1. The van der Waals surface area contributed by atoms with Crippen LogP contribution in [0.4, 0.5) is 0 Å². The van der Waals surface area contributed by atoms with Crippen molar-refractivity contribution in [1.29, 1.82) is 0 Å². The van der Waals surface area contributed by atoms with Gasteiger partial charge in [-0.1, -0.05) is 49.5 Å². The van der Waals surface area contributed by atoms with E-state index >= 15 is 0 Å². The molecule has 0 radical (unpaired) electrons. The molecular weight excluding hydrogens is 244 g/mol. The molecule has 0 bridgehead atoms. The molecule has 1 rings (SSSR count). The second-order valence-electron chi connectivity index (χ2n) is 4.42. The molecule has 3 nitrogen and oxygen atoms in total. The van der Waals surface area contributed by atoms with E-state index in [9.17, 15) is 4.79 Å². The van der Waals surface area contributed by atoms with Crippen molar-refractivity contribution < 1.29 is 4.79 Å². The van der Waals surface area contributed by atoms with Gasteiger partial charge >= 0.3 is 0 Å². The van der Waals surface area contributed by atoms with Crippen molar-refractivity contribution >= 4 is 23.1 Å². The summed E-state index contributed by atoms with van der Waals surface area (Å²) < 4.78 is 0. The Morgan fingerprint density at radius 2 is 2.00 bits per heavy atom. The molecule has 0 aliphatic rings. The van der Waals surface area contributed by atoms with E-state index in [-0.39, 0.29) is 17.9 Å². The Kier molecular flexibility index (Phi) is 5.78. The average Bonchev–Trinajstić information content (AvgIpc) is 2.37. The molecule has 98 valence electrons. The van der Waals surface area contributed by atoms with Crippen LogP contribution < -0.4 is 11.1 Å². The molecule has 0 fully saturated rings.